The highest BCUT2D eigenvalue weighted by Gasteiger charge is 2.46. The molecule has 1 fully saturated rings. The van der Waals surface area contributed by atoms with Gasteiger partial charge in [-0.05, 0) is 38.6 Å². The minimum Gasteiger partial charge on any atom is -0.396 e. The topological polar surface area (TPSA) is 92.4 Å². The van der Waals surface area contributed by atoms with E-state index in [1.54, 1.807) is 0 Å². The largest absolute Gasteiger partial charge is 0.396 e. The highest BCUT2D eigenvalue weighted by molar-refractivity contribution is 7.91. The Hall–Kier alpha value is -0.170. The summed E-state index contributed by atoms with van der Waals surface area (Å²) in [6.45, 7) is 1.35. The lowest BCUT2D eigenvalue weighted by Crippen LogP contribution is -2.58. The zero-order chi connectivity index (χ0) is 13.6. The Morgan fingerprint density at radius 1 is 1.39 bits per heavy atom. The molecule has 4 N–H and O–H groups in total. The van der Waals surface area contributed by atoms with Gasteiger partial charge >= 0.3 is 0 Å². The summed E-state index contributed by atoms with van der Waals surface area (Å²) in [5.74, 6) is 0. The van der Waals surface area contributed by atoms with Gasteiger partial charge in [0, 0.05) is 24.9 Å². The quantitative estimate of drug-likeness (QED) is 0.545. The zero-order valence-corrected chi connectivity index (χ0v) is 12.0. The first-order chi connectivity index (χ1) is 8.46. The van der Waals surface area contributed by atoms with E-state index in [2.05, 4.69) is 5.32 Å². The summed E-state index contributed by atoms with van der Waals surface area (Å²) in [5.41, 5.74) is 5.39. The van der Waals surface area contributed by atoms with Gasteiger partial charge in [0.05, 0.1) is 5.25 Å². The molecule has 1 rings (SSSR count). The molecule has 0 aromatic carbocycles. The molecule has 0 heterocycles. The van der Waals surface area contributed by atoms with Gasteiger partial charge < -0.3 is 16.2 Å². The predicted molar refractivity (Wildman–Crippen MR) is 73.2 cm³/mol. The number of hydrogen-bond donors (Lipinski definition) is 3. The van der Waals surface area contributed by atoms with Crippen LogP contribution in [0.15, 0.2) is 0 Å². The van der Waals surface area contributed by atoms with Crippen molar-refractivity contribution in [1.29, 1.82) is 0 Å². The summed E-state index contributed by atoms with van der Waals surface area (Å²) < 4.78 is 23.6. The van der Waals surface area contributed by atoms with Crippen LogP contribution in [0, 0.1) is 0 Å². The molecule has 1 saturated carbocycles. The van der Waals surface area contributed by atoms with Crippen molar-refractivity contribution in [2.24, 2.45) is 5.73 Å². The fourth-order valence-electron chi connectivity index (χ4n) is 2.92. The number of nitrogens with one attached hydrogen (secondary N) is 1. The fourth-order valence-corrected chi connectivity index (χ4v) is 4.63. The second kappa shape index (κ2) is 6.84. The molecular formula is C12H26N2O3S. The minimum absolute atomic E-state index is 0.216. The van der Waals surface area contributed by atoms with Gasteiger partial charge in [-0.1, -0.05) is 6.42 Å². The first-order valence-electron chi connectivity index (χ1n) is 6.71. The normalized spacial score (nSPS) is 28.7. The Bertz CT molecular complexity index is 345. The molecule has 18 heavy (non-hydrogen) atoms. The van der Waals surface area contributed by atoms with Gasteiger partial charge in [0.15, 0.2) is 9.84 Å². The van der Waals surface area contributed by atoms with Crippen molar-refractivity contribution in [2.45, 2.75) is 49.3 Å². The molecule has 108 valence electrons. The third kappa shape index (κ3) is 3.91. The Kier molecular flexibility index (Phi) is 6.04. The number of rotatable bonds is 8. The van der Waals surface area contributed by atoms with E-state index in [1.807, 2.05) is 0 Å². The van der Waals surface area contributed by atoms with Crippen LogP contribution < -0.4 is 11.1 Å². The Morgan fingerprint density at radius 3 is 2.67 bits per heavy atom. The summed E-state index contributed by atoms with van der Waals surface area (Å²) in [5, 5.41) is 11.7. The number of nitrogens with two attached hydrogens (primary N) is 1. The van der Waals surface area contributed by atoms with E-state index in [-0.39, 0.29) is 11.9 Å². The number of hydrogen-bond acceptors (Lipinski definition) is 5. The third-order valence-electron chi connectivity index (χ3n) is 3.90. The summed E-state index contributed by atoms with van der Waals surface area (Å²) in [6, 6.07) is 0. The van der Waals surface area contributed by atoms with Crippen molar-refractivity contribution in [2.75, 3.05) is 26.0 Å². The first-order valence-corrected chi connectivity index (χ1v) is 8.66. The molecule has 6 heteroatoms. The van der Waals surface area contributed by atoms with Gasteiger partial charge in [-0.15, -0.1) is 0 Å². The van der Waals surface area contributed by atoms with E-state index >= 15 is 0 Å². The summed E-state index contributed by atoms with van der Waals surface area (Å²) in [6.07, 6.45) is 6.46. The SMILES string of the molecule is CS(=O)(=O)C1CCCC1(CN)NCCCCCO. The third-order valence-corrected chi connectivity index (χ3v) is 5.62. The van der Waals surface area contributed by atoms with Crippen molar-refractivity contribution in [3.63, 3.8) is 0 Å². The molecule has 1 aliphatic rings. The van der Waals surface area contributed by atoms with Crippen LogP contribution >= 0.6 is 0 Å². The minimum atomic E-state index is -3.05. The highest BCUT2D eigenvalue weighted by Crippen LogP contribution is 2.34. The monoisotopic (exact) mass is 278 g/mol. The maximum Gasteiger partial charge on any atom is 0.152 e. The molecule has 0 aromatic rings. The summed E-state index contributed by atoms with van der Waals surface area (Å²) >= 11 is 0. The molecule has 2 unspecified atom stereocenters. The van der Waals surface area contributed by atoms with Gasteiger partial charge in [0.2, 0.25) is 0 Å². The smallest absolute Gasteiger partial charge is 0.152 e. The van der Waals surface area contributed by atoms with Crippen molar-refractivity contribution in [3.8, 4) is 0 Å². The predicted octanol–water partition coefficient (Wildman–Crippen LogP) is 0.0332. The second-order valence-corrected chi connectivity index (χ2v) is 7.51. The molecule has 0 radical (unpaired) electrons. The van der Waals surface area contributed by atoms with E-state index in [9.17, 15) is 8.42 Å². The highest BCUT2D eigenvalue weighted by atomic mass is 32.2. The number of aliphatic hydroxyl groups is 1. The molecule has 0 amide bonds. The standard InChI is InChI=1S/C12H26N2O3S/c1-18(16,17)11-6-5-7-12(11,10-13)14-8-3-2-4-9-15/h11,14-15H,2-10,13H2,1H3. The van der Waals surface area contributed by atoms with Crippen LogP contribution in [0.3, 0.4) is 0 Å². The van der Waals surface area contributed by atoms with Gasteiger partial charge in [0.25, 0.3) is 0 Å². The average Bonchev–Trinajstić information content (AvgIpc) is 2.73. The van der Waals surface area contributed by atoms with Crippen LogP contribution in [0.25, 0.3) is 0 Å². The number of unbranched alkanes of at least 4 members (excludes halogenated alkanes) is 2. The molecule has 2 atom stereocenters. The molecular weight excluding hydrogens is 252 g/mol. The first kappa shape index (κ1) is 15.9. The summed E-state index contributed by atoms with van der Waals surface area (Å²) in [4.78, 5) is 0. The maximum absolute atomic E-state index is 11.8. The zero-order valence-electron chi connectivity index (χ0n) is 11.2. The van der Waals surface area contributed by atoms with Gasteiger partial charge in [-0.2, -0.15) is 0 Å². The average molecular weight is 278 g/mol. The van der Waals surface area contributed by atoms with Crippen molar-refractivity contribution in [3.05, 3.63) is 0 Å². The van der Waals surface area contributed by atoms with E-state index in [4.69, 9.17) is 10.8 Å². The van der Waals surface area contributed by atoms with Crippen LogP contribution in [0.4, 0.5) is 0 Å². The van der Waals surface area contributed by atoms with Gasteiger partial charge in [0.1, 0.15) is 0 Å². The Balaban J connectivity index is 2.56. The fraction of sp³-hybridized carbons (Fsp3) is 1.00. The number of sulfone groups is 1. The van der Waals surface area contributed by atoms with Gasteiger partial charge in [-0.3, -0.25) is 0 Å². The molecule has 0 aromatic heterocycles. The lowest BCUT2D eigenvalue weighted by atomic mass is 9.97. The van der Waals surface area contributed by atoms with Crippen molar-refractivity contribution >= 4 is 9.84 Å². The Labute approximate surface area is 110 Å². The van der Waals surface area contributed by atoms with Crippen LogP contribution in [0.5, 0.6) is 0 Å². The molecule has 0 spiro atoms. The molecule has 0 aliphatic heterocycles. The van der Waals surface area contributed by atoms with Crippen molar-refractivity contribution in [1.82, 2.24) is 5.32 Å². The summed E-state index contributed by atoms with van der Waals surface area (Å²) in [7, 11) is -3.05. The van der Waals surface area contributed by atoms with E-state index < -0.39 is 15.4 Å². The lowest BCUT2D eigenvalue weighted by Gasteiger charge is -2.34. The van der Waals surface area contributed by atoms with Crippen LogP contribution in [0.2, 0.25) is 0 Å². The maximum atomic E-state index is 11.8. The van der Waals surface area contributed by atoms with Crippen LogP contribution in [-0.4, -0.2) is 50.3 Å². The second-order valence-electron chi connectivity index (χ2n) is 5.28. The van der Waals surface area contributed by atoms with E-state index in [1.165, 1.54) is 6.26 Å². The molecule has 0 saturated heterocycles. The van der Waals surface area contributed by atoms with Crippen LogP contribution in [-0.2, 0) is 9.84 Å². The number of aliphatic hydroxyl groups excluding tert-OH is 1. The van der Waals surface area contributed by atoms with E-state index in [0.29, 0.717) is 13.0 Å². The molecule has 0 bridgehead atoms. The Morgan fingerprint density at radius 2 is 2.11 bits per heavy atom. The molecule has 5 nitrogen and oxygen atoms in total. The van der Waals surface area contributed by atoms with Crippen molar-refractivity contribution < 1.29 is 13.5 Å². The van der Waals surface area contributed by atoms with Gasteiger partial charge in [-0.25, -0.2) is 8.42 Å². The lowest BCUT2D eigenvalue weighted by molar-refractivity contribution is 0.279. The van der Waals surface area contributed by atoms with Crippen LogP contribution in [0.1, 0.15) is 38.5 Å². The molecule has 1 aliphatic carbocycles. The van der Waals surface area contributed by atoms with E-state index in [0.717, 1.165) is 38.6 Å².